The summed E-state index contributed by atoms with van der Waals surface area (Å²) in [6.45, 7) is 3.56. The molecule has 7 heteroatoms. The van der Waals surface area contributed by atoms with Gasteiger partial charge < -0.3 is 4.74 Å². The van der Waals surface area contributed by atoms with Gasteiger partial charge in [0.2, 0.25) is 0 Å². The Bertz CT molecular complexity index is 759. The van der Waals surface area contributed by atoms with Crippen molar-refractivity contribution >= 4 is 16.0 Å². The summed E-state index contributed by atoms with van der Waals surface area (Å²) < 4.78 is 31.1. The van der Waals surface area contributed by atoms with Crippen molar-refractivity contribution < 1.29 is 17.9 Å². The van der Waals surface area contributed by atoms with Crippen molar-refractivity contribution in [2.24, 2.45) is 0 Å². The summed E-state index contributed by atoms with van der Waals surface area (Å²) in [7, 11) is -2.69. The van der Waals surface area contributed by atoms with Crippen LogP contribution in [-0.2, 0) is 14.8 Å². The van der Waals surface area contributed by atoms with Crippen LogP contribution in [0.2, 0.25) is 0 Å². The van der Waals surface area contributed by atoms with E-state index in [0.717, 1.165) is 11.4 Å². The van der Waals surface area contributed by atoms with Crippen molar-refractivity contribution in [1.29, 1.82) is 0 Å². The number of nitrogens with zero attached hydrogens (tertiary/aromatic N) is 1. The molecule has 6 nitrogen and oxygen atoms in total. The van der Waals surface area contributed by atoms with Crippen LogP contribution in [-0.4, -0.2) is 26.2 Å². The van der Waals surface area contributed by atoms with Gasteiger partial charge in [0.15, 0.2) is 0 Å². The lowest BCUT2D eigenvalue weighted by Crippen LogP contribution is -2.26. The van der Waals surface area contributed by atoms with Crippen molar-refractivity contribution in [3.8, 4) is 0 Å². The highest BCUT2D eigenvalue weighted by molar-refractivity contribution is 7.92. The molecule has 1 aromatic carbocycles. The number of nitrogens with one attached hydrogen (secondary N) is 1. The zero-order chi connectivity index (χ0) is 15.6. The third-order valence-electron chi connectivity index (χ3n) is 3.06. The second-order valence-electron chi connectivity index (χ2n) is 4.53. The highest BCUT2D eigenvalue weighted by Gasteiger charge is 2.23. The first-order valence-corrected chi connectivity index (χ1v) is 7.70. The molecule has 112 valence electrons. The van der Waals surface area contributed by atoms with Crippen LogP contribution in [0.25, 0.3) is 0 Å². The van der Waals surface area contributed by atoms with E-state index in [4.69, 9.17) is 0 Å². The van der Waals surface area contributed by atoms with E-state index in [0.29, 0.717) is 0 Å². The van der Waals surface area contributed by atoms with E-state index in [1.807, 2.05) is 0 Å². The van der Waals surface area contributed by atoms with E-state index in [9.17, 15) is 13.2 Å². The first-order chi connectivity index (χ1) is 9.86. The lowest BCUT2D eigenvalue weighted by Gasteiger charge is -2.14. The summed E-state index contributed by atoms with van der Waals surface area (Å²) in [5, 5.41) is 0. The predicted molar refractivity (Wildman–Crippen MR) is 78.2 cm³/mol. The number of benzene rings is 1. The minimum absolute atomic E-state index is 0.00466. The molecule has 0 spiro atoms. The standard InChI is InChI=1S/C14H16N2O4S/c1-10-8-9-11(2)16(10)15-21(18,19)13-7-5-4-6-12(13)14(17)20-3/h4-9,15H,1-3H3. The zero-order valence-electron chi connectivity index (χ0n) is 12.0. The zero-order valence-corrected chi connectivity index (χ0v) is 12.8. The Morgan fingerprint density at radius 1 is 1.10 bits per heavy atom. The molecular weight excluding hydrogens is 292 g/mol. The van der Waals surface area contributed by atoms with Crippen molar-refractivity contribution in [2.45, 2.75) is 18.7 Å². The number of carbonyl (C=O) groups excluding carboxylic acids is 1. The maximum absolute atomic E-state index is 12.5. The molecule has 0 aliphatic carbocycles. The van der Waals surface area contributed by atoms with Gasteiger partial charge in [-0.1, -0.05) is 12.1 Å². The van der Waals surface area contributed by atoms with Gasteiger partial charge >= 0.3 is 5.97 Å². The summed E-state index contributed by atoms with van der Waals surface area (Å²) in [5.74, 6) is -0.697. The maximum Gasteiger partial charge on any atom is 0.339 e. The number of carbonyl (C=O) groups is 1. The predicted octanol–water partition coefficient (Wildman–Crippen LogP) is 1.82. The number of sulfonamides is 1. The Labute approximate surface area is 123 Å². The Morgan fingerprint density at radius 2 is 1.67 bits per heavy atom. The van der Waals surface area contributed by atoms with Gasteiger partial charge in [0, 0.05) is 11.4 Å². The largest absolute Gasteiger partial charge is 0.465 e. The molecule has 0 fully saturated rings. The molecule has 1 heterocycles. The molecule has 1 N–H and O–H groups in total. The Kier molecular flexibility index (Phi) is 4.04. The molecule has 2 aromatic rings. The molecule has 0 aliphatic heterocycles. The topological polar surface area (TPSA) is 77.4 Å². The fraction of sp³-hybridized carbons (Fsp3) is 0.214. The smallest absolute Gasteiger partial charge is 0.339 e. The van der Waals surface area contributed by atoms with Crippen LogP contribution >= 0.6 is 0 Å². The van der Waals surface area contributed by atoms with E-state index in [1.54, 1.807) is 38.1 Å². The van der Waals surface area contributed by atoms with E-state index < -0.39 is 16.0 Å². The van der Waals surface area contributed by atoms with E-state index >= 15 is 0 Å². The van der Waals surface area contributed by atoms with Gasteiger partial charge in [0.05, 0.1) is 12.7 Å². The van der Waals surface area contributed by atoms with Gasteiger partial charge in [-0.2, -0.15) is 8.42 Å². The number of methoxy groups -OCH3 is 1. The number of ether oxygens (including phenoxy) is 1. The van der Waals surface area contributed by atoms with E-state index in [2.05, 4.69) is 9.57 Å². The molecule has 0 saturated heterocycles. The van der Waals surface area contributed by atoms with Gasteiger partial charge in [-0.15, -0.1) is 0 Å². The minimum Gasteiger partial charge on any atom is -0.465 e. The Balaban J connectivity index is 2.48. The van der Waals surface area contributed by atoms with Crippen LogP contribution in [0.5, 0.6) is 0 Å². The fourth-order valence-corrected chi connectivity index (χ4v) is 3.29. The molecule has 1 aromatic heterocycles. The van der Waals surface area contributed by atoms with Gasteiger partial charge in [0.25, 0.3) is 10.0 Å². The van der Waals surface area contributed by atoms with Crippen molar-refractivity contribution in [3.63, 3.8) is 0 Å². The van der Waals surface area contributed by atoms with Crippen molar-refractivity contribution in [2.75, 3.05) is 11.9 Å². The molecule has 0 saturated carbocycles. The third kappa shape index (κ3) is 2.92. The first-order valence-electron chi connectivity index (χ1n) is 6.22. The molecule has 2 rings (SSSR count). The SMILES string of the molecule is COC(=O)c1ccccc1S(=O)(=O)Nn1c(C)ccc1C. The molecule has 0 radical (unpaired) electrons. The van der Waals surface area contributed by atoms with Crippen LogP contribution in [0.4, 0.5) is 0 Å². The van der Waals surface area contributed by atoms with Crippen LogP contribution < -0.4 is 4.83 Å². The molecule has 0 amide bonds. The highest BCUT2D eigenvalue weighted by Crippen LogP contribution is 2.18. The number of esters is 1. The van der Waals surface area contributed by atoms with Crippen LogP contribution in [0.3, 0.4) is 0 Å². The van der Waals surface area contributed by atoms with Crippen molar-refractivity contribution in [1.82, 2.24) is 4.68 Å². The van der Waals surface area contributed by atoms with Crippen LogP contribution in [0.1, 0.15) is 21.7 Å². The van der Waals surface area contributed by atoms with Gasteiger partial charge in [-0.05, 0) is 38.1 Å². The summed E-state index contributed by atoms with van der Waals surface area (Å²) in [4.78, 5) is 14.0. The number of hydrogen-bond donors (Lipinski definition) is 1. The normalized spacial score (nSPS) is 11.2. The van der Waals surface area contributed by atoms with E-state index in [-0.39, 0.29) is 10.5 Å². The van der Waals surface area contributed by atoms with Crippen molar-refractivity contribution in [3.05, 3.63) is 53.3 Å². The Morgan fingerprint density at radius 3 is 2.24 bits per heavy atom. The lowest BCUT2D eigenvalue weighted by molar-refractivity contribution is 0.0596. The molecule has 0 atom stereocenters. The average Bonchev–Trinajstić information content (AvgIpc) is 2.78. The average molecular weight is 308 g/mol. The molecular formula is C14H16N2O4S. The second-order valence-corrected chi connectivity index (χ2v) is 6.16. The summed E-state index contributed by atoms with van der Waals surface area (Å²) >= 11 is 0. The molecule has 0 aliphatic rings. The summed E-state index contributed by atoms with van der Waals surface area (Å²) in [5.41, 5.74) is 1.48. The fourth-order valence-electron chi connectivity index (χ4n) is 1.96. The van der Waals surface area contributed by atoms with Gasteiger partial charge in [-0.3, -0.25) is 4.68 Å². The number of rotatable bonds is 4. The van der Waals surface area contributed by atoms with Crippen LogP contribution in [0.15, 0.2) is 41.3 Å². The minimum atomic E-state index is -3.90. The summed E-state index contributed by atoms with van der Waals surface area (Å²) in [6.07, 6.45) is 0. The quantitative estimate of drug-likeness (QED) is 0.874. The van der Waals surface area contributed by atoms with E-state index in [1.165, 1.54) is 23.9 Å². The van der Waals surface area contributed by atoms with Gasteiger partial charge in [0.1, 0.15) is 4.90 Å². The maximum atomic E-state index is 12.5. The third-order valence-corrected chi connectivity index (χ3v) is 4.42. The monoisotopic (exact) mass is 308 g/mol. The lowest BCUT2D eigenvalue weighted by atomic mass is 10.2. The first kappa shape index (κ1) is 15.1. The van der Waals surface area contributed by atoms with Gasteiger partial charge in [-0.25, -0.2) is 9.63 Å². The molecule has 21 heavy (non-hydrogen) atoms. The summed E-state index contributed by atoms with van der Waals surface area (Å²) in [6, 6.07) is 9.50. The van der Waals surface area contributed by atoms with Crippen LogP contribution in [0, 0.1) is 13.8 Å². The Hall–Kier alpha value is -2.28. The molecule has 0 bridgehead atoms. The number of aryl methyl sites for hydroxylation is 2. The number of hydrogen-bond acceptors (Lipinski definition) is 4. The number of aromatic nitrogens is 1. The highest BCUT2D eigenvalue weighted by atomic mass is 32.2. The second kappa shape index (κ2) is 5.61. The molecule has 0 unspecified atom stereocenters.